The molecule has 4 nitrogen and oxygen atoms in total. The fourth-order valence-electron chi connectivity index (χ4n) is 1.47. The van der Waals surface area contributed by atoms with E-state index in [-0.39, 0.29) is 10.9 Å². The van der Waals surface area contributed by atoms with Crippen LogP contribution in [0.2, 0.25) is 10.0 Å². The normalized spacial score (nSPS) is 10.2. The summed E-state index contributed by atoms with van der Waals surface area (Å²) in [7, 11) is 0. The largest absolute Gasteiger partial charge is 0.451 e. The lowest BCUT2D eigenvalue weighted by atomic mass is 10.2. The second-order valence-corrected chi connectivity index (χ2v) is 4.81. The molecule has 7 heteroatoms. The van der Waals surface area contributed by atoms with Gasteiger partial charge in [0.05, 0.1) is 10.0 Å². The minimum atomic E-state index is -0.517. The molecule has 0 aliphatic carbocycles. The molecule has 0 fully saturated rings. The zero-order valence-corrected chi connectivity index (χ0v) is 11.8. The van der Waals surface area contributed by atoms with Crippen LogP contribution in [0.3, 0.4) is 0 Å². The summed E-state index contributed by atoms with van der Waals surface area (Å²) >= 11 is 16.6. The summed E-state index contributed by atoms with van der Waals surface area (Å²) in [5.41, 5.74) is 5.81. The number of carbonyl (C=O) groups is 1. The van der Waals surface area contributed by atoms with Crippen molar-refractivity contribution in [3.63, 3.8) is 0 Å². The number of hydrogen-bond donors (Lipinski definition) is 2. The summed E-state index contributed by atoms with van der Waals surface area (Å²) in [6.45, 7) is 0. The Morgan fingerprint density at radius 3 is 2.68 bits per heavy atom. The number of halogens is 2. The minimum absolute atomic E-state index is 0.0823. The molecule has 0 aliphatic heterocycles. The molecule has 0 saturated carbocycles. The summed E-state index contributed by atoms with van der Waals surface area (Å²) in [5, 5.41) is 2.91. The molecule has 1 aromatic carbocycles. The van der Waals surface area contributed by atoms with E-state index >= 15 is 0 Å². The third kappa shape index (κ3) is 3.07. The van der Waals surface area contributed by atoms with Gasteiger partial charge in [0.15, 0.2) is 10.9 Å². The zero-order chi connectivity index (χ0) is 14.0. The van der Waals surface area contributed by atoms with Crippen molar-refractivity contribution in [2.45, 2.75) is 0 Å². The van der Waals surface area contributed by atoms with Gasteiger partial charge in [-0.25, -0.2) is 0 Å². The van der Waals surface area contributed by atoms with Crippen LogP contribution in [0.15, 0.2) is 34.7 Å². The lowest BCUT2D eigenvalue weighted by Crippen LogP contribution is -2.34. The van der Waals surface area contributed by atoms with Crippen molar-refractivity contribution >= 4 is 46.4 Å². The Balaban J connectivity index is 2.33. The van der Waals surface area contributed by atoms with Crippen LogP contribution in [0, 0.1) is 0 Å². The number of rotatable bonds is 2. The quantitative estimate of drug-likeness (QED) is 0.835. The first-order valence-electron chi connectivity index (χ1n) is 5.14. The van der Waals surface area contributed by atoms with Gasteiger partial charge in [-0.1, -0.05) is 29.3 Å². The summed E-state index contributed by atoms with van der Waals surface area (Å²) in [6, 6.07) is 8.26. The Morgan fingerprint density at radius 1 is 1.26 bits per heavy atom. The molecule has 1 aromatic heterocycles. The highest BCUT2D eigenvalue weighted by atomic mass is 35.5. The van der Waals surface area contributed by atoms with Crippen LogP contribution in [0.5, 0.6) is 0 Å². The third-order valence-electron chi connectivity index (χ3n) is 2.28. The fourth-order valence-corrected chi connectivity index (χ4v) is 1.96. The molecular weight excluding hydrogens is 307 g/mol. The van der Waals surface area contributed by atoms with Gasteiger partial charge in [0.2, 0.25) is 0 Å². The highest BCUT2D eigenvalue weighted by Gasteiger charge is 2.15. The smallest absolute Gasteiger partial charge is 0.293 e. The molecule has 0 unspecified atom stereocenters. The molecule has 2 aromatic rings. The molecule has 1 heterocycles. The van der Waals surface area contributed by atoms with E-state index < -0.39 is 5.91 Å². The van der Waals surface area contributed by atoms with E-state index in [1.54, 1.807) is 24.3 Å². The molecule has 98 valence electrons. The second-order valence-electron chi connectivity index (χ2n) is 3.58. The predicted octanol–water partition coefficient (Wildman–Crippen LogP) is 3.23. The van der Waals surface area contributed by atoms with Crippen LogP contribution in [-0.2, 0) is 0 Å². The van der Waals surface area contributed by atoms with Gasteiger partial charge in [0.25, 0.3) is 5.91 Å². The first-order valence-corrected chi connectivity index (χ1v) is 6.30. The van der Waals surface area contributed by atoms with Gasteiger partial charge in [-0.15, -0.1) is 0 Å². The maximum absolute atomic E-state index is 11.6. The Morgan fingerprint density at radius 2 is 2.00 bits per heavy atom. The molecular formula is C12H8Cl2N2O2S. The monoisotopic (exact) mass is 314 g/mol. The van der Waals surface area contributed by atoms with Crippen molar-refractivity contribution in [2.75, 3.05) is 0 Å². The molecule has 0 aliphatic rings. The van der Waals surface area contributed by atoms with E-state index in [2.05, 4.69) is 17.5 Å². The summed E-state index contributed by atoms with van der Waals surface area (Å²) in [4.78, 5) is 11.6. The van der Waals surface area contributed by atoms with Crippen molar-refractivity contribution in [1.29, 1.82) is 0 Å². The molecule has 0 radical (unpaired) electrons. The maximum atomic E-state index is 11.6. The zero-order valence-electron chi connectivity index (χ0n) is 9.44. The number of amides is 1. The van der Waals surface area contributed by atoms with Crippen LogP contribution >= 0.6 is 35.4 Å². The average Bonchev–Trinajstić information content (AvgIpc) is 2.81. The number of furan rings is 1. The first kappa shape index (κ1) is 13.9. The van der Waals surface area contributed by atoms with E-state index in [4.69, 9.17) is 33.4 Å². The number of nitrogens with one attached hydrogen (secondary N) is 1. The van der Waals surface area contributed by atoms with Gasteiger partial charge < -0.3 is 10.2 Å². The molecule has 0 spiro atoms. The second kappa shape index (κ2) is 5.61. The molecule has 19 heavy (non-hydrogen) atoms. The van der Waals surface area contributed by atoms with Gasteiger partial charge in [-0.2, -0.15) is 0 Å². The number of nitrogens with two attached hydrogens (primary N) is 1. The van der Waals surface area contributed by atoms with E-state index in [1.807, 2.05) is 0 Å². The van der Waals surface area contributed by atoms with Gasteiger partial charge in [-0.05, 0) is 36.5 Å². The highest BCUT2D eigenvalue weighted by molar-refractivity contribution is 7.80. The highest BCUT2D eigenvalue weighted by Crippen LogP contribution is 2.34. The van der Waals surface area contributed by atoms with Gasteiger partial charge in [0.1, 0.15) is 5.76 Å². The van der Waals surface area contributed by atoms with Crippen molar-refractivity contribution in [2.24, 2.45) is 5.73 Å². The molecule has 0 saturated heterocycles. The van der Waals surface area contributed by atoms with Crippen LogP contribution in [0.1, 0.15) is 10.6 Å². The van der Waals surface area contributed by atoms with Crippen LogP contribution < -0.4 is 11.1 Å². The summed E-state index contributed by atoms with van der Waals surface area (Å²) in [5.74, 6) is -0.00340. The third-order valence-corrected chi connectivity index (χ3v) is 3.20. The number of carbonyl (C=O) groups excluding carboxylic acids is 1. The fraction of sp³-hybridized carbons (Fsp3) is 0. The number of benzene rings is 1. The van der Waals surface area contributed by atoms with E-state index in [9.17, 15) is 4.79 Å². The van der Waals surface area contributed by atoms with Gasteiger partial charge in [-0.3, -0.25) is 10.1 Å². The molecule has 0 atom stereocenters. The summed E-state index contributed by atoms with van der Waals surface area (Å²) < 4.78 is 5.40. The predicted molar refractivity (Wildman–Crippen MR) is 78.4 cm³/mol. The topological polar surface area (TPSA) is 68.3 Å². The van der Waals surface area contributed by atoms with E-state index in [1.165, 1.54) is 6.07 Å². The van der Waals surface area contributed by atoms with E-state index in [0.717, 1.165) is 0 Å². The lowest BCUT2D eigenvalue weighted by Gasteiger charge is -2.02. The van der Waals surface area contributed by atoms with Crippen molar-refractivity contribution in [3.05, 3.63) is 46.1 Å². The van der Waals surface area contributed by atoms with Crippen LogP contribution in [-0.4, -0.2) is 11.0 Å². The standard InChI is InChI=1S/C12H8Cl2N2O2S/c13-7-3-1-2-6(10(7)14)8-4-5-9(18-8)11(17)16-12(15)19/h1-5H,(H3,15,16,17,19). The molecule has 0 bridgehead atoms. The lowest BCUT2D eigenvalue weighted by molar-refractivity contribution is 0.0951. The first-order chi connectivity index (χ1) is 8.99. The van der Waals surface area contributed by atoms with Crippen LogP contribution in [0.4, 0.5) is 0 Å². The Kier molecular flexibility index (Phi) is 4.09. The van der Waals surface area contributed by atoms with Crippen molar-refractivity contribution in [3.8, 4) is 11.3 Å². The number of hydrogen-bond acceptors (Lipinski definition) is 3. The van der Waals surface area contributed by atoms with Gasteiger partial charge in [0, 0.05) is 5.56 Å². The Labute approximate surface area is 124 Å². The molecule has 3 N–H and O–H groups in total. The number of thiocarbonyl (C=S) groups is 1. The maximum Gasteiger partial charge on any atom is 0.293 e. The van der Waals surface area contributed by atoms with Crippen molar-refractivity contribution in [1.82, 2.24) is 5.32 Å². The van der Waals surface area contributed by atoms with Gasteiger partial charge >= 0.3 is 0 Å². The average molecular weight is 315 g/mol. The van der Waals surface area contributed by atoms with Crippen LogP contribution in [0.25, 0.3) is 11.3 Å². The minimum Gasteiger partial charge on any atom is -0.451 e. The SMILES string of the molecule is NC(=S)NC(=O)c1ccc(-c2cccc(Cl)c2Cl)o1. The molecule has 2 rings (SSSR count). The van der Waals surface area contributed by atoms with Crippen molar-refractivity contribution < 1.29 is 9.21 Å². The Hall–Kier alpha value is -1.56. The summed E-state index contributed by atoms with van der Waals surface area (Å²) in [6.07, 6.45) is 0. The molecule has 1 amide bonds. The Bertz CT molecular complexity index is 655. The van der Waals surface area contributed by atoms with E-state index in [0.29, 0.717) is 21.4 Å².